The largest absolute Gasteiger partial charge is 0.446 e. The van der Waals surface area contributed by atoms with E-state index in [1.165, 1.54) is 24.6 Å². The Bertz CT molecular complexity index is 885. The van der Waals surface area contributed by atoms with Crippen LogP contribution in [0.15, 0.2) is 87.4 Å². The van der Waals surface area contributed by atoms with Crippen LogP contribution in [-0.4, -0.2) is 24.2 Å². The van der Waals surface area contributed by atoms with Crippen molar-refractivity contribution in [2.24, 2.45) is 10.2 Å². The number of benzene rings is 2. The zero-order valence-electron chi connectivity index (χ0n) is 14.2. The Morgan fingerprint density at radius 1 is 0.667 bits per heavy atom. The zero-order chi connectivity index (χ0) is 18.9. The lowest BCUT2D eigenvalue weighted by atomic mass is 10.2. The van der Waals surface area contributed by atoms with Crippen LogP contribution < -0.4 is 10.9 Å². The van der Waals surface area contributed by atoms with E-state index in [4.69, 9.17) is 4.42 Å². The highest BCUT2D eigenvalue weighted by molar-refractivity contribution is 5.96. The van der Waals surface area contributed by atoms with E-state index in [0.717, 1.165) is 11.1 Å². The van der Waals surface area contributed by atoms with Crippen LogP contribution in [0.4, 0.5) is 0 Å². The van der Waals surface area contributed by atoms with Crippen molar-refractivity contribution in [3.63, 3.8) is 0 Å². The summed E-state index contributed by atoms with van der Waals surface area (Å²) in [6, 6.07) is 21.4. The van der Waals surface area contributed by atoms with Crippen LogP contribution in [0.2, 0.25) is 0 Å². The van der Waals surface area contributed by atoms with Gasteiger partial charge in [-0.15, -0.1) is 0 Å². The quantitative estimate of drug-likeness (QED) is 0.522. The van der Waals surface area contributed by atoms with Gasteiger partial charge in [-0.1, -0.05) is 60.7 Å². The van der Waals surface area contributed by atoms with Gasteiger partial charge in [0.15, 0.2) is 11.5 Å². The maximum Gasteiger partial charge on any atom is 0.307 e. The lowest BCUT2D eigenvalue weighted by Gasteiger charge is -1.97. The van der Waals surface area contributed by atoms with Gasteiger partial charge in [-0.3, -0.25) is 9.59 Å². The van der Waals surface area contributed by atoms with E-state index in [1.807, 2.05) is 60.7 Å². The fourth-order valence-corrected chi connectivity index (χ4v) is 2.10. The summed E-state index contributed by atoms with van der Waals surface area (Å²) >= 11 is 0. The molecular weight excluding hydrogens is 344 g/mol. The third-order valence-electron chi connectivity index (χ3n) is 3.41. The monoisotopic (exact) mass is 360 g/mol. The van der Waals surface area contributed by atoms with Gasteiger partial charge in [0.1, 0.15) is 0 Å². The topological polar surface area (TPSA) is 96.1 Å². The number of nitrogens with zero attached hydrogens (tertiary/aromatic N) is 2. The highest BCUT2D eigenvalue weighted by Gasteiger charge is 2.15. The number of hydrazone groups is 2. The Morgan fingerprint density at radius 2 is 1.07 bits per heavy atom. The average molecular weight is 360 g/mol. The molecule has 1 heterocycles. The summed E-state index contributed by atoms with van der Waals surface area (Å²) in [6.07, 6.45) is 3.01. The molecule has 3 rings (SSSR count). The zero-order valence-corrected chi connectivity index (χ0v) is 14.2. The third-order valence-corrected chi connectivity index (χ3v) is 3.41. The fraction of sp³-hybridized carbons (Fsp3) is 0. The van der Waals surface area contributed by atoms with Crippen molar-refractivity contribution in [1.29, 1.82) is 0 Å². The van der Waals surface area contributed by atoms with Crippen molar-refractivity contribution in [2.45, 2.75) is 0 Å². The minimum atomic E-state index is -0.561. The number of hydrogen-bond donors (Lipinski definition) is 2. The Morgan fingerprint density at radius 3 is 1.48 bits per heavy atom. The highest BCUT2D eigenvalue weighted by atomic mass is 16.4. The molecule has 7 nitrogen and oxygen atoms in total. The predicted octanol–water partition coefficient (Wildman–Crippen LogP) is 2.81. The number of nitrogens with one attached hydrogen (secondary N) is 2. The van der Waals surface area contributed by atoms with Gasteiger partial charge < -0.3 is 4.42 Å². The molecule has 0 aliphatic carbocycles. The van der Waals surface area contributed by atoms with E-state index in [2.05, 4.69) is 21.1 Å². The van der Waals surface area contributed by atoms with Gasteiger partial charge >= 0.3 is 11.8 Å². The summed E-state index contributed by atoms with van der Waals surface area (Å²) in [5.74, 6) is -1.18. The van der Waals surface area contributed by atoms with E-state index >= 15 is 0 Å². The van der Waals surface area contributed by atoms with Crippen LogP contribution in [0, 0.1) is 0 Å². The van der Waals surface area contributed by atoms with E-state index in [0.29, 0.717) is 0 Å². The van der Waals surface area contributed by atoms with Gasteiger partial charge in [0.2, 0.25) is 0 Å². The van der Waals surface area contributed by atoms with Crippen LogP contribution >= 0.6 is 0 Å². The molecule has 0 unspecified atom stereocenters. The molecule has 0 aliphatic heterocycles. The van der Waals surface area contributed by atoms with Gasteiger partial charge in [-0.2, -0.15) is 10.2 Å². The molecule has 0 radical (unpaired) electrons. The lowest BCUT2D eigenvalue weighted by Crippen LogP contribution is -2.18. The van der Waals surface area contributed by atoms with Crippen LogP contribution in [0.3, 0.4) is 0 Å². The average Bonchev–Trinajstić information content (AvgIpc) is 3.20. The molecule has 0 aliphatic rings. The standard InChI is InChI=1S/C20H16N4O3/c25-19(23-21-13-15-7-3-1-4-8-15)17-11-12-18(27-17)20(26)24-22-14-16-9-5-2-6-10-16/h1-14H,(H,23,25)(H,24,26)/b21-13-,22-14-. The summed E-state index contributed by atoms with van der Waals surface area (Å²) in [6.45, 7) is 0. The van der Waals surface area contributed by atoms with E-state index in [1.54, 1.807) is 0 Å². The molecule has 7 heteroatoms. The van der Waals surface area contributed by atoms with Gasteiger partial charge in [0.25, 0.3) is 0 Å². The molecule has 1 aromatic heterocycles. The van der Waals surface area contributed by atoms with Crippen LogP contribution in [0.5, 0.6) is 0 Å². The lowest BCUT2D eigenvalue weighted by molar-refractivity contribution is 0.0902. The molecule has 0 fully saturated rings. The molecule has 27 heavy (non-hydrogen) atoms. The van der Waals surface area contributed by atoms with Crippen LogP contribution in [0.25, 0.3) is 0 Å². The van der Waals surface area contributed by atoms with Crippen molar-refractivity contribution >= 4 is 24.2 Å². The van der Waals surface area contributed by atoms with Gasteiger partial charge in [-0.05, 0) is 23.3 Å². The molecule has 3 aromatic rings. The Balaban J connectivity index is 1.54. The smallest absolute Gasteiger partial charge is 0.307 e. The number of carbonyl (C=O) groups is 2. The molecule has 2 amide bonds. The first-order valence-corrected chi connectivity index (χ1v) is 8.09. The predicted molar refractivity (Wildman–Crippen MR) is 102 cm³/mol. The molecule has 134 valence electrons. The van der Waals surface area contributed by atoms with Crippen molar-refractivity contribution in [1.82, 2.24) is 10.9 Å². The van der Waals surface area contributed by atoms with Crippen molar-refractivity contribution in [3.05, 3.63) is 95.4 Å². The molecule has 0 atom stereocenters. The maximum absolute atomic E-state index is 12.0. The third kappa shape index (κ3) is 5.23. The number of rotatable bonds is 6. The van der Waals surface area contributed by atoms with Crippen LogP contribution in [-0.2, 0) is 0 Å². The van der Waals surface area contributed by atoms with Crippen molar-refractivity contribution < 1.29 is 14.0 Å². The molecular formula is C20H16N4O3. The summed E-state index contributed by atoms with van der Waals surface area (Å²) in [5.41, 5.74) is 6.36. The Kier molecular flexibility index (Phi) is 5.88. The second-order valence-corrected chi connectivity index (χ2v) is 5.38. The van der Waals surface area contributed by atoms with E-state index in [9.17, 15) is 9.59 Å². The molecule has 0 saturated heterocycles. The summed E-state index contributed by atoms with van der Waals surface area (Å²) in [5, 5.41) is 7.69. The SMILES string of the molecule is O=C(N/N=C\c1ccccc1)c1ccc(C(=O)N/N=C\c2ccccc2)o1. The van der Waals surface area contributed by atoms with E-state index < -0.39 is 11.8 Å². The van der Waals surface area contributed by atoms with Crippen molar-refractivity contribution in [2.75, 3.05) is 0 Å². The molecule has 0 bridgehead atoms. The summed E-state index contributed by atoms with van der Waals surface area (Å²) in [7, 11) is 0. The number of furan rings is 1. The Hall–Kier alpha value is -4.00. The second-order valence-electron chi connectivity index (χ2n) is 5.38. The first-order chi connectivity index (χ1) is 13.2. The fourth-order valence-electron chi connectivity index (χ4n) is 2.10. The first-order valence-electron chi connectivity index (χ1n) is 8.09. The molecule has 2 aromatic carbocycles. The molecule has 2 N–H and O–H groups in total. The minimum absolute atomic E-state index is 0.0302. The van der Waals surface area contributed by atoms with Gasteiger partial charge in [0, 0.05) is 0 Å². The van der Waals surface area contributed by atoms with Crippen molar-refractivity contribution in [3.8, 4) is 0 Å². The number of amides is 2. The number of hydrogen-bond acceptors (Lipinski definition) is 5. The van der Waals surface area contributed by atoms with Crippen LogP contribution in [0.1, 0.15) is 32.2 Å². The van der Waals surface area contributed by atoms with Gasteiger partial charge in [0.05, 0.1) is 12.4 Å². The highest BCUT2D eigenvalue weighted by Crippen LogP contribution is 2.08. The minimum Gasteiger partial charge on any atom is -0.446 e. The summed E-state index contributed by atoms with van der Waals surface area (Å²) in [4.78, 5) is 24.0. The second kappa shape index (κ2) is 8.91. The van der Waals surface area contributed by atoms with E-state index in [-0.39, 0.29) is 11.5 Å². The first kappa shape index (κ1) is 17.8. The molecule has 0 saturated carbocycles. The Labute approximate surface area is 155 Å². The normalized spacial score (nSPS) is 11.0. The summed E-state index contributed by atoms with van der Waals surface area (Å²) < 4.78 is 5.24. The van der Waals surface area contributed by atoms with Gasteiger partial charge in [-0.25, -0.2) is 10.9 Å². The number of carbonyl (C=O) groups excluding carboxylic acids is 2. The molecule has 0 spiro atoms. The maximum atomic E-state index is 12.0.